The number of hydrazone groups is 1. The summed E-state index contributed by atoms with van der Waals surface area (Å²) >= 11 is 2.08. The van der Waals surface area contributed by atoms with Gasteiger partial charge in [-0.05, 0) is 65.4 Å². The van der Waals surface area contributed by atoms with Crippen molar-refractivity contribution in [3.8, 4) is 11.5 Å². The molecule has 0 saturated heterocycles. The first kappa shape index (κ1) is 25.1. The minimum absolute atomic E-state index is 0.0346. The molecule has 184 valence electrons. The first-order valence-corrected chi connectivity index (χ1v) is 11.8. The van der Waals surface area contributed by atoms with Gasteiger partial charge < -0.3 is 13.9 Å². The molecule has 1 amide bonds. The molecule has 1 heterocycles. The Morgan fingerprint density at radius 2 is 2.00 bits per heavy atom. The lowest BCUT2D eigenvalue weighted by Crippen LogP contribution is -2.16. The minimum Gasteiger partial charge on any atom is -0.490 e. The predicted molar refractivity (Wildman–Crippen MR) is 139 cm³/mol. The van der Waals surface area contributed by atoms with Gasteiger partial charge in [0, 0.05) is 23.1 Å². The number of ether oxygens (including phenoxy) is 2. The summed E-state index contributed by atoms with van der Waals surface area (Å²) in [6.45, 7) is 2.25. The van der Waals surface area contributed by atoms with Gasteiger partial charge in [-0.3, -0.25) is 14.9 Å². The fourth-order valence-electron chi connectivity index (χ4n) is 3.31. The van der Waals surface area contributed by atoms with Crippen molar-refractivity contribution in [2.24, 2.45) is 5.10 Å². The van der Waals surface area contributed by atoms with Crippen LogP contribution in [-0.4, -0.2) is 23.7 Å². The third-order valence-corrected chi connectivity index (χ3v) is 5.78. The maximum Gasteiger partial charge on any atom is 0.307 e. The number of carbonyl (C=O) groups excluding carboxylic acids is 1. The van der Waals surface area contributed by atoms with E-state index in [0.29, 0.717) is 43.8 Å². The number of non-ortho nitro benzene ring substituents is 1. The maximum atomic E-state index is 13.9. The number of nitro groups is 1. The molecule has 0 aliphatic rings. The Hall–Kier alpha value is -4.00. The fraction of sp³-hybridized carbons (Fsp3) is 0.120. The molecule has 36 heavy (non-hydrogen) atoms. The van der Waals surface area contributed by atoms with Gasteiger partial charge in [0.15, 0.2) is 17.3 Å². The monoisotopic (exact) mass is 603 g/mol. The van der Waals surface area contributed by atoms with Gasteiger partial charge in [0.2, 0.25) is 0 Å². The Labute approximate surface area is 218 Å². The second-order valence-electron chi connectivity index (χ2n) is 7.43. The van der Waals surface area contributed by atoms with Crippen molar-refractivity contribution in [3.05, 3.63) is 97.1 Å². The average molecular weight is 603 g/mol. The zero-order valence-electron chi connectivity index (χ0n) is 18.9. The van der Waals surface area contributed by atoms with Crippen LogP contribution in [0.25, 0.3) is 11.0 Å². The Morgan fingerprint density at radius 3 is 2.75 bits per heavy atom. The summed E-state index contributed by atoms with van der Waals surface area (Å²) < 4.78 is 31.7. The Morgan fingerprint density at radius 1 is 1.19 bits per heavy atom. The van der Waals surface area contributed by atoms with Crippen LogP contribution in [0.1, 0.15) is 28.6 Å². The maximum absolute atomic E-state index is 13.9. The van der Waals surface area contributed by atoms with Crippen molar-refractivity contribution in [2.45, 2.75) is 13.5 Å². The topological polar surface area (TPSA) is 116 Å². The smallest absolute Gasteiger partial charge is 0.307 e. The van der Waals surface area contributed by atoms with E-state index in [0.717, 1.165) is 0 Å². The molecule has 0 unspecified atom stereocenters. The summed E-state index contributed by atoms with van der Waals surface area (Å²) in [5.74, 6) is -0.0860. The highest BCUT2D eigenvalue weighted by atomic mass is 127. The largest absolute Gasteiger partial charge is 0.490 e. The Kier molecular flexibility index (Phi) is 7.78. The number of furan rings is 1. The molecular formula is C25H19FIN3O6. The van der Waals surface area contributed by atoms with Crippen LogP contribution in [0.4, 0.5) is 10.1 Å². The molecule has 0 aliphatic heterocycles. The van der Waals surface area contributed by atoms with Crippen LogP contribution in [-0.2, 0) is 6.61 Å². The second-order valence-corrected chi connectivity index (χ2v) is 8.59. The molecule has 0 bridgehead atoms. The molecule has 11 heteroatoms. The SMILES string of the molecule is CCOc1cc(/C=N/NC(=O)c2cc3cc([N+](=O)[O-])ccc3o2)cc(I)c1OCc1ccccc1F. The van der Waals surface area contributed by atoms with Gasteiger partial charge in [-0.15, -0.1) is 0 Å². The lowest BCUT2D eigenvalue weighted by molar-refractivity contribution is -0.384. The summed E-state index contributed by atoms with van der Waals surface area (Å²) in [5.41, 5.74) is 3.66. The highest BCUT2D eigenvalue weighted by Gasteiger charge is 2.16. The number of rotatable bonds is 9. The summed E-state index contributed by atoms with van der Waals surface area (Å²) in [5, 5.41) is 15.3. The molecule has 0 saturated carbocycles. The fourth-order valence-corrected chi connectivity index (χ4v) is 4.09. The molecule has 0 spiro atoms. The van der Waals surface area contributed by atoms with E-state index >= 15 is 0 Å². The number of nitrogens with zero attached hydrogens (tertiary/aromatic N) is 2. The second kappa shape index (κ2) is 11.2. The lowest BCUT2D eigenvalue weighted by Gasteiger charge is -2.15. The van der Waals surface area contributed by atoms with Crippen LogP contribution in [0.5, 0.6) is 11.5 Å². The Bertz CT molecular complexity index is 1470. The van der Waals surface area contributed by atoms with Crippen LogP contribution < -0.4 is 14.9 Å². The van der Waals surface area contributed by atoms with Crippen LogP contribution in [0.2, 0.25) is 0 Å². The molecule has 0 aliphatic carbocycles. The van der Waals surface area contributed by atoms with E-state index in [1.165, 1.54) is 36.5 Å². The number of halogens is 2. The van der Waals surface area contributed by atoms with Gasteiger partial charge in [-0.25, -0.2) is 9.82 Å². The van der Waals surface area contributed by atoms with Crippen molar-refractivity contribution >= 4 is 51.4 Å². The van der Waals surface area contributed by atoms with Crippen LogP contribution in [0, 0.1) is 19.5 Å². The number of benzene rings is 3. The average Bonchev–Trinajstić information content (AvgIpc) is 3.28. The zero-order valence-corrected chi connectivity index (χ0v) is 21.0. The highest BCUT2D eigenvalue weighted by Crippen LogP contribution is 2.34. The van der Waals surface area contributed by atoms with Gasteiger partial charge in [0.25, 0.3) is 5.69 Å². The van der Waals surface area contributed by atoms with Crippen molar-refractivity contribution in [2.75, 3.05) is 6.61 Å². The van der Waals surface area contributed by atoms with Crippen molar-refractivity contribution in [3.63, 3.8) is 0 Å². The number of nitro benzene ring substituents is 1. The van der Waals surface area contributed by atoms with E-state index in [2.05, 4.69) is 33.1 Å². The summed E-state index contributed by atoms with van der Waals surface area (Å²) in [6, 6.07) is 15.3. The zero-order chi connectivity index (χ0) is 25.7. The number of hydrogen-bond acceptors (Lipinski definition) is 7. The van der Waals surface area contributed by atoms with Crippen LogP contribution in [0.15, 0.2) is 70.2 Å². The molecule has 1 aromatic heterocycles. The van der Waals surface area contributed by atoms with Gasteiger partial charge >= 0.3 is 5.91 Å². The third-order valence-electron chi connectivity index (χ3n) is 4.98. The normalized spacial score (nSPS) is 11.1. The lowest BCUT2D eigenvalue weighted by atomic mass is 10.2. The number of hydrogen-bond donors (Lipinski definition) is 1. The quantitative estimate of drug-likeness (QED) is 0.112. The van der Waals surface area contributed by atoms with Crippen molar-refractivity contribution in [1.82, 2.24) is 5.43 Å². The van der Waals surface area contributed by atoms with E-state index in [1.807, 2.05) is 6.92 Å². The molecule has 0 radical (unpaired) electrons. The van der Waals surface area contributed by atoms with E-state index in [4.69, 9.17) is 13.9 Å². The summed E-state index contributed by atoms with van der Waals surface area (Å²) in [6.07, 6.45) is 1.43. The number of carbonyl (C=O) groups is 1. The molecule has 0 atom stereocenters. The molecule has 0 fully saturated rings. The van der Waals surface area contributed by atoms with Crippen molar-refractivity contribution < 1.29 is 28.0 Å². The molecule has 1 N–H and O–H groups in total. The van der Waals surface area contributed by atoms with Crippen LogP contribution >= 0.6 is 22.6 Å². The number of nitrogens with one attached hydrogen (secondary N) is 1. The molecule has 3 aromatic carbocycles. The van der Waals surface area contributed by atoms with Gasteiger partial charge in [-0.1, -0.05) is 18.2 Å². The first-order valence-electron chi connectivity index (χ1n) is 10.7. The van der Waals surface area contributed by atoms with E-state index in [1.54, 1.807) is 30.3 Å². The van der Waals surface area contributed by atoms with E-state index < -0.39 is 10.8 Å². The van der Waals surface area contributed by atoms with E-state index in [9.17, 15) is 19.3 Å². The molecular weight excluding hydrogens is 584 g/mol. The summed E-state index contributed by atoms with van der Waals surface area (Å²) in [7, 11) is 0. The molecule has 9 nitrogen and oxygen atoms in total. The highest BCUT2D eigenvalue weighted by molar-refractivity contribution is 14.1. The van der Waals surface area contributed by atoms with E-state index in [-0.39, 0.29) is 23.9 Å². The molecule has 4 aromatic rings. The van der Waals surface area contributed by atoms with Gasteiger partial charge in [0.05, 0.1) is 21.3 Å². The predicted octanol–water partition coefficient (Wildman–Crippen LogP) is 5.83. The van der Waals surface area contributed by atoms with Gasteiger partial charge in [0.1, 0.15) is 18.0 Å². The van der Waals surface area contributed by atoms with Crippen LogP contribution in [0.3, 0.4) is 0 Å². The number of amides is 1. The number of fused-ring (bicyclic) bond motifs is 1. The molecule has 4 rings (SSSR count). The minimum atomic E-state index is -0.616. The summed E-state index contributed by atoms with van der Waals surface area (Å²) in [4.78, 5) is 22.8. The standard InChI is InChI=1S/C25H19FIN3O6/c1-2-34-22-10-15(9-20(27)24(22)35-14-16-5-3-4-6-19(16)26)13-28-29-25(31)23-12-17-11-18(30(32)33)7-8-21(17)36-23/h3-13H,2,14H2,1H3,(H,29,31)/b28-13+. The third kappa shape index (κ3) is 5.79. The van der Waals surface area contributed by atoms with Gasteiger partial charge in [-0.2, -0.15) is 5.10 Å². The first-order chi connectivity index (χ1) is 17.4. The van der Waals surface area contributed by atoms with Crippen molar-refractivity contribution in [1.29, 1.82) is 0 Å². The Balaban J connectivity index is 1.47.